The van der Waals surface area contributed by atoms with Crippen LogP contribution in [0.15, 0.2) is 42.5 Å². The summed E-state index contributed by atoms with van der Waals surface area (Å²) in [6.45, 7) is 1.51. The van der Waals surface area contributed by atoms with E-state index in [0.29, 0.717) is 0 Å². The summed E-state index contributed by atoms with van der Waals surface area (Å²) in [4.78, 5) is 37.9. The Morgan fingerprint density at radius 3 is 2.41 bits per heavy atom. The molecule has 0 fully saturated rings. The van der Waals surface area contributed by atoms with Crippen LogP contribution in [0, 0.1) is 6.92 Å². The van der Waals surface area contributed by atoms with E-state index in [-0.39, 0.29) is 28.9 Å². The van der Waals surface area contributed by atoms with Gasteiger partial charge < -0.3 is 4.74 Å². The topological polar surface area (TPSA) is 101 Å². The van der Waals surface area contributed by atoms with Crippen molar-refractivity contribution in [2.24, 2.45) is 0 Å². The number of ether oxygens (including phenoxy) is 1. The van der Waals surface area contributed by atoms with Crippen LogP contribution in [-0.2, 0) is 14.8 Å². The van der Waals surface area contributed by atoms with Gasteiger partial charge in [-0.15, -0.1) is 0 Å². The predicted octanol–water partition coefficient (Wildman–Crippen LogP) is 1.84. The van der Waals surface area contributed by atoms with Crippen molar-refractivity contribution in [3.63, 3.8) is 0 Å². The molecule has 0 radical (unpaired) electrons. The molecule has 9 heteroatoms. The zero-order chi connectivity index (χ0) is 21.3. The van der Waals surface area contributed by atoms with Crippen LogP contribution in [0.3, 0.4) is 0 Å². The van der Waals surface area contributed by atoms with Crippen LogP contribution in [-0.4, -0.2) is 57.6 Å². The van der Waals surface area contributed by atoms with Crippen LogP contribution in [0.5, 0.6) is 0 Å². The number of esters is 1. The molecule has 0 N–H and O–H groups in total. The van der Waals surface area contributed by atoms with Gasteiger partial charge in [0.15, 0.2) is 0 Å². The summed E-state index contributed by atoms with van der Waals surface area (Å²) < 4.78 is 31.3. The van der Waals surface area contributed by atoms with Gasteiger partial charge in [0.05, 0.1) is 35.2 Å². The van der Waals surface area contributed by atoms with E-state index in [0.717, 1.165) is 14.8 Å². The van der Waals surface area contributed by atoms with Gasteiger partial charge in [-0.1, -0.05) is 23.8 Å². The molecule has 0 unspecified atom stereocenters. The minimum atomic E-state index is -3.93. The Bertz CT molecular complexity index is 1110. The van der Waals surface area contributed by atoms with Gasteiger partial charge in [-0.3, -0.25) is 18.8 Å². The summed E-state index contributed by atoms with van der Waals surface area (Å²) in [5.74, 6) is -2.18. The number of carbonyl (C=O) groups excluding carboxylic acids is 3. The third-order valence-electron chi connectivity index (χ3n) is 4.76. The lowest BCUT2D eigenvalue weighted by Gasteiger charge is -2.23. The van der Waals surface area contributed by atoms with Crippen LogP contribution in [0.1, 0.15) is 36.6 Å². The van der Waals surface area contributed by atoms with Crippen LogP contribution in [0.2, 0.25) is 0 Å². The lowest BCUT2D eigenvalue weighted by Crippen LogP contribution is -2.38. The molecule has 152 valence electrons. The van der Waals surface area contributed by atoms with Crippen molar-refractivity contribution in [1.29, 1.82) is 0 Å². The molecule has 0 bridgehead atoms. The molecule has 29 heavy (non-hydrogen) atoms. The highest BCUT2D eigenvalue weighted by Gasteiger charge is 2.36. The van der Waals surface area contributed by atoms with E-state index in [1.807, 2.05) is 0 Å². The SMILES string of the molecule is COC(=O)c1ccccc1N(C)S(=O)(=O)CCN1C(=O)c2ccc(C)cc2C1=O. The van der Waals surface area contributed by atoms with E-state index >= 15 is 0 Å². The molecule has 0 atom stereocenters. The molecule has 3 rings (SSSR count). The Balaban J connectivity index is 1.80. The summed E-state index contributed by atoms with van der Waals surface area (Å²) in [5, 5.41) is 0. The van der Waals surface area contributed by atoms with E-state index in [4.69, 9.17) is 4.74 Å². The number of para-hydroxylation sites is 1. The Morgan fingerprint density at radius 1 is 1.07 bits per heavy atom. The highest BCUT2D eigenvalue weighted by molar-refractivity contribution is 7.92. The number of benzene rings is 2. The largest absolute Gasteiger partial charge is 0.465 e. The van der Waals surface area contributed by atoms with Crippen molar-refractivity contribution in [3.05, 3.63) is 64.7 Å². The molecular weight excluding hydrogens is 396 g/mol. The molecule has 0 spiro atoms. The van der Waals surface area contributed by atoms with Crippen molar-refractivity contribution in [1.82, 2.24) is 4.90 Å². The van der Waals surface area contributed by atoms with Crippen LogP contribution >= 0.6 is 0 Å². The summed E-state index contributed by atoms with van der Waals surface area (Å²) in [7, 11) is -1.41. The first-order valence-corrected chi connectivity index (χ1v) is 10.4. The minimum absolute atomic E-state index is 0.0947. The molecule has 8 nitrogen and oxygen atoms in total. The lowest BCUT2D eigenvalue weighted by molar-refractivity contribution is 0.0599. The quantitative estimate of drug-likeness (QED) is 0.526. The second-order valence-corrected chi connectivity index (χ2v) is 8.72. The van der Waals surface area contributed by atoms with Gasteiger partial charge in [-0.05, 0) is 31.2 Å². The van der Waals surface area contributed by atoms with E-state index < -0.39 is 33.6 Å². The molecular formula is C20H20N2O6S. The average molecular weight is 416 g/mol. The fourth-order valence-electron chi connectivity index (χ4n) is 3.13. The smallest absolute Gasteiger partial charge is 0.340 e. The predicted molar refractivity (Wildman–Crippen MR) is 107 cm³/mol. The van der Waals surface area contributed by atoms with Gasteiger partial charge in [0.25, 0.3) is 11.8 Å². The van der Waals surface area contributed by atoms with Gasteiger partial charge in [0.1, 0.15) is 0 Å². The number of carbonyl (C=O) groups is 3. The number of imide groups is 1. The molecule has 2 aromatic carbocycles. The fraction of sp³-hybridized carbons (Fsp3) is 0.250. The summed E-state index contributed by atoms with van der Waals surface area (Å²) in [5.41, 5.74) is 1.62. The number of amides is 2. The zero-order valence-electron chi connectivity index (χ0n) is 16.2. The maximum absolute atomic E-state index is 12.8. The second-order valence-electron chi connectivity index (χ2n) is 6.60. The average Bonchev–Trinajstić information content (AvgIpc) is 2.94. The monoisotopic (exact) mass is 416 g/mol. The Hall–Kier alpha value is -3.20. The van der Waals surface area contributed by atoms with Crippen LogP contribution < -0.4 is 4.31 Å². The van der Waals surface area contributed by atoms with Gasteiger partial charge in [0, 0.05) is 13.6 Å². The second kappa shape index (κ2) is 7.67. The number of anilines is 1. The molecule has 2 amide bonds. The zero-order valence-corrected chi connectivity index (χ0v) is 17.0. The molecule has 1 heterocycles. The first kappa shape index (κ1) is 20.5. The number of methoxy groups -OCH3 is 1. The van der Waals surface area contributed by atoms with Crippen molar-refractivity contribution < 1.29 is 27.5 Å². The number of aryl methyl sites for hydroxylation is 1. The molecule has 2 aromatic rings. The molecule has 1 aliphatic rings. The minimum Gasteiger partial charge on any atom is -0.465 e. The number of fused-ring (bicyclic) bond motifs is 1. The Labute approximate surface area is 168 Å². The normalized spacial score (nSPS) is 13.4. The van der Waals surface area contributed by atoms with E-state index in [1.54, 1.807) is 37.3 Å². The third kappa shape index (κ3) is 3.73. The van der Waals surface area contributed by atoms with Crippen molar-refractivity contribution in [2.45, 2.75) is 6.92 Å². The highest BCUT2D eigenvalue weighted by Crippen LogP contribution is 2.25. The highest BCUT2D eigenvalue weighted by atomic mass is 32.2. The number of rotatable bonds is 6. The van der Waals surface area contributed by atoms with Crippen molar-refractivity contribution in [2.75, 3.05) is 30.8 Å². The summed E-state index contributed by atoms with van der Waals surface area (Å²) in [6, 6.07) is 11.0. The van der Waals surface area contributed by atoms with Gasteiger partial charge in [0.2, 0.25) is 10.0 Å². The summed E-state index contributed by atoms with van der Waals surface area (Å²) in [6.07, 6.45) is 0. The fourth-order valence-corrected chi connectivity index (χ4v) is 4.28. The van der Waals surface area contributed by atoms with Crippen LogP contribution in [0.25, 0.3) is 0 Å². The van der Waals surface area contributed by atoms with E-state index in [9.17, 15) is 22.8 Å². The molecule has 1 aliphatic heterocycles. The van der Waals surface area contributed by atoms with Crippen molar-refractivity contribution in [3.8, 4) is 0 Å². The van der Waals surface area contributed by atoms with Crippen molar-refractivity contribution >= 4 is 33.5 Å². The molecule has 0 saturated carbocycles. The standard InChI is InChI=1S/C20H20N2O6S/c1-13-8-9-14-16(12-13)19(24)22(18(14)23)10-11-29(26,27)21(2)17-7-5-4-6-15(17)20(25)28-3/h4-9,12H,10-11H2,1-3H3. The number of hydrogen-bond donors (Lipinski definition) is 0. The van der Waals surface area contributed by atoms with Gasteiger partial charge in [-0.25, -0.2) is 13.2 Å². The van der Waals surface area contributed by atoms with Gasteiger partial charge >= 0.3 is 5.97 Å². The number of nitrogens with zero attached hydrogens (tertiary/aromatic N) is 2. The Morgan fingerprint density at radius 2 is 1.72 bits per heavy atom. The molecule has 0 aliphatic carbocycles. The molecule has 0 saturated heterocycles. The first-order valence-electron chi connectivity index (χ1n) is 8.78. The van der Waals surface area contributed by atoms with E-state index in [1.165, 1.54) is 26.3 Å². The molecule has 0 aromatic heterocycles. The maximum atomic E-state index is 12.8. The van der Waals surface area contributed by atoms with Gasteiger partial charge in [-0.2, -0.15) is 0 Å². The lowest BCUT2D eigenvalue weighted by atomic mass is 10.1. The third-order valence-corrected chi connectivity index (χ3v) is 6.49. The first-order chi connectivity index (χ1) is 13.7. The summed E-state index contributed by atoms with van der Waals surface area (Å²) >= 11 is 0. The maximum Gasteiger partial charge on any atom is 0.340 e. The van der Waals surface area contributed by atoms with E-state index in [2.05, 4.69) is 0 Å². The number of sulfonamides is 1. The number of hydrogen-bond acceptors (Lipinski definition) is 6. The van der Waals surface area contributed by atoms with Crippen LogP contribution in [0.4, 0.5) is 5.69 Å². The Kier molecular flexibility index (Phi) is 5.43.